The number of nitrogens with zero attached hydrogens (tertiary/aromatic N) is 1. The summed E-state index contributed by atoms with van der Waals surface area (Å²) in [6.45, 7) is 2.76. The molecular weight excluding hydrogens is 319 g/mol. The molecule has 3 rings (SSSR count). The molecule has 0 bridgehead atoms. The summed E-state index contributed by atoms with van der Waals surface area (Å²) < 4.78 is 42.8. The predicted octanol–water partition coefficient (Wildman–Crippen LogP) is 1.06. The molecule has 2 saturated heterocycles. The van der Waals surface area contributed by atoms with Gasteiger partial charge < -0.3 is 10.1 Å². The highest BCUT2D eigenvalue weighted by Gasteiger charge is 2.41. The summed E-state index contributed by atoms with van der Waals surface area (Å²) in [6, 6.07) is 6.26. The number of nitrogens with one attached hydrogen (secondary N) is 1. The Balaban J connectivity index is 1.51. The number of rotatable bonds is 6. The molecule has 0 spiro atoms. The first-order valence-electron chi connectivity index (χ1n) is 8.10. The second-order valence-corrected chi connectivity index (χ2v) is 8.38. The molecule has 1 N–H and O–H groups in total. The summed E-state index contributed by atoms with van der Waals surface area (Å²) in [7, 11) is -2.98. The number of ether oxygens (including phenoxy) is 1. The molecule has 23 heavy (non-hydrogen) atoms. The minimum atomic E-state index is -2.98. The molecule has 2 fully saturated rings. The number of hydrogen-bond acceptors (Lipinski definition) is 5. The second-order valence-electron chi connectivity index (χ2n) is 6.23. The smallest absolute Gasteiger partial charge is 0.165 e. The second kappa shape index (κ2) is 7.15. The molecule has 2 atom stereocenters. The van der Waals surface area contributed by atoms with Crippen molar-refractivity contribution in [3.63, 3.8) is 0 Å². The number of hydrogen-bond donors (Lipinski definition) is 1. The fourth-order valence-corrected chi connectivity index (χ4v) is 5.41. The molecule has 1 aromatic carbocycles. The molecule has 7 heteroatoms. The van der Waals surface area contributed by atoms with Crippen LogP contribution < -0.4 is 10.1 Å². The highest BCUT2D eigenvalue weighted by atomic mass is 32.2. The first-order chi connectivity index (χ1) is 11.1. The Labute approximate surface area is 136 Å². The third-order valence-electron chi connectivity index (χ3n) is 4.54. The van der Waals surface area contributed by atoms with E-state index in [9.17, 15) is 12.8 Å². The van der Waals surface area contributed by atoms with E-state index < -0.39 is 9.84 Å². The Morgan fingerprint density at radius 1 is 1.22 bits per heavy atom. The quantitative estimate of drug-likeness (QED) is 0.784. The van der Waals surface area contributed by atoms with E-state index in [-0.39, 0.29) is 35.2 Å². The lowest BCUT2D eigenvalue weighted by Gasteiger charge is -2.28. The van der Waals surface area contributed by atoms with Gasteiger partial charge in [0.05, 0.1) is 11.5 Å². The van der Waals surface area contributed by atoms with Gasteiger partial charge in [-0.3, -0.25) is 4.90 Å². The van der Waals surface area contributed by atoms with Crippen LogP contribution >= 0.6 is 0 Å². The highest BCUT2D eigenvalue weighted by molar-refractivity contribution is 7.91. The summed E-state index contributed by atoms with van der Waals surface area (Å²) in [4.78, 5) is 2.28. The van der Waals surface area contributed by atoms with Crippen LogP contribution in [-0.2, 0) is 9.84 Å². The van der Waals surface area contributed by atoms with Gasteiger partial charge in [0.2, 0.25) is 0 Å². The van der Waals surface area contributed by atoms with Crippen LogP contribution in [0.5, 0.6) is 5.75 Å². The molecule has 0 saturated carbocycles. The van der Waals surface area contributed by atoms with E-state index in [1.807, 2.05) is 0 Å². The van der Waals surface area contributed by atoms with Crippen LogP contribution in [-0.4, -0.2) is 63.1 Å². The number of benzene rings is 1. The van der Waals surface area contributed by atoms with E-state index >= 15 is 0 Å². The molecule has 0 unspecified atom stereocenters. The predicted molar refractivity (Wildman–Crippen MR) is 86.9 cm³/mol. The van der Waals surface area contributed by atoms with Crippen molar-refractivity contribution in [2.24, 2.45) is 0 Å². The number of likely N-dealkylation sites (tertiary alicyclic amines) is 1. The van der Waals surface area contributed by atoms with E-state index in [1.165, 1.54) is 6.07 Å². The van der Waals surface area contributed by atoms with Crippen LogP contribution in [0.15, 0.2) is 24.3 Å². The van der Waals surface area contributed by atoms with Crippen molar-refractivity contribution in [2.45, 2.75) is 24.9 Å². The Morgan fingerprint density at radius 2 is 1.96 bits per heavy atom. The van der Waals surface area contributed by atoms with Gasteiger partial charge in [0.1, 0.15) is 6.61 Å². The largest absolute Gasteiger partial charge is 0.489 e. The number of sulfone groups is 1. The Morgan fingerprint density at radius 3 is 2.70 bits per heavy atom. The van der Waals surface area contributed by atoms with Crippen LogP contribution in [0.25, 0.3) is 0 Å². The van der Waals surface area contributed by atoms with Crippen LogP contribution in [0.2, 0.25) is 0 Å². The minimum absolute atomic E-state index is 0.0518. The first kappa shape index (κ1) is 16.7. The van der Waals surface area contributed by atoms with Crippen molar-refractivity contribution in [1.82, 2.24) is 10.2 Å². The van der Waals surface area contributed by atoms with Crippen molar-refractivity contribution in [3.05, 3.63) is 30.1 Å². The Hall–Kier alpha value is -1.18. The van der Waals surface area contributed by atoms with E-state index in [0.717, 1.165) is 25.9 Å². The van der Waals surface area contributed by atoms with Gasteiger partial charge in [-0.25, -0.2) is 12.8 Å². The van der Waals surface area contributed by atoms with E-state index in [2.05, 4.69) is 10.2 Å². The summed E-state index contributed by atoms with van der Waals surface area (Å²) in [5, 5.41) is 3.29. The van der Waals surface area contributed by atoms with Crippen molar-refractivity contribution in [3.8, 4) is 5.75 Å². The minimum Gasteiger partial charge on any atom is -0.489 e. The summed E-state index contributed by atoms with van der Waals surface area (Å²) in [5.74, 6) is 0.252. The number of para-hydroxylation sites is 1. The van der Waals surface area contributed by atoms with E-state index in [1.54, 1.807) is 18.2 Å². The van der Waals surface area contributed by atoms with Gasteiger partial charge in [0.15, 0.2) is 21.4 Å². The maximum absolute atomic E-state index is 13.5. The summed E-state index contributed by atoms with van der Waals surface area (Å²) in [5.41, 5.74) is 0. The third-order valence-corrected chi connectivity index (χ3v) is 6.25. The average Bonchev–Trinajstić information content (AvgIpc) is 3.12. The van der Waals surface area contributed by atoms with Gasteiger partial charge in [-0.2, -0.15) is 0 Å². The maximum atomic E-state index is 13.5. The third kappa shape index (κ3) is 4.22. The summed E-state index contributed by atoms with van der Waals surface area (Å²) >= 11 is 0. The van der Waals surface area contributed by atoms with Gasteiger partial charge in [0.25, 0.3) is 0 Å². The van der Waals surface area contributed by atoms with Crippen LogP contribution in [0, 0.1) is 5.82 Å². The van der Waals surface area contributed by atoms with Crippen molar-refractivity contribution in [2.75, 3.05) is 37.7 Å². The van der Waals surface area contributed by atoms with Gasteiger partial charge in [-0.05, 0) is 38.1 Å². The highest BCUT2D eigenvalue weighted by Crippen LogP contribution is 2.22. The maximum Gasteiger partial charge on any atom is 0.165 e. The molecule has 1 aromatic rings. The molecule has 2 heterocycles. The average molecular weight is 342 g/mol. The molecule has 2 aliphatic rings. The standard InChI is InChI=1S/C16H23FN2O3S/c17-13-5-1-2-6-16(13)22-10-7-18-14-11-23(20,21)12-15(14)19-8-3-4-9-19/h1-2,5-6,14-15,18H,3-4,7-12H2/t14-,15+/m0/s1. The molecule has 0 amide bonds. The Kier molecular flexibility index (Phi) is 5.18. The molecular formula is C16H23FN2O3S. The van der Waals surface area contributed by atoms with Gasteiger partial charge in [0, 0.05) is 18.6 Å². The van der Waals surface area contributed by atoms with Crippen molar-refractivity contribution < 1.29 is 17.5 Å². The lowest BCUT2D eigenvalue weighted by molar-refractivity contribution is 0.217. The van der Waals surface area contributed by atoms with E-state index in [4.69, 9.17) is 4.74 Å². The zero-order valence-electron chi connectivity index (χ0n) is 13.1. The van der Waals surface area contributed by atoms with Crippen LogP contribution in [0.4, 0.5) is 4.39 Å². The SMILES string of the molecule is O=S1(=O)C[C@H](NCCOc2ccccc2F)[C@H](N2CCCC2)C1. The first-order valence-corrected chi connectivity index (χ1v) is 9.92. The zero-order valence-corrected chi connectivity index (χ0v) is 13.9. The summed E-state index contributed by atoms with van der Waals surface area (Å²) in [6.07, 6.45) is 2.28. The Bertz CT molecular complexity index is 632. The lowest BCUT2D eigenvalue weighted by atomic mass is 10.1. The van der Waals surface area contributed by atoms with Crippen LogP contribution in [0.1, 0.15) is 12.8 Å². The van der Waals surface area contributed by atoms with Gasteiger partial charge in [-0.1, -0.05) is 12.1 Å². The fourth-order valence-electron chi connectivity index (χ4n) is 3.42. The molecule has 128 valence electrons. The number of halogens is 1. The molecule has 0 aliphatic carbocycles. The van der Waals surface area contributed by atoms with Crippen LogP contribution in [0.3, 0.4) is 0 Å². The molecule has 0 aromatic heterocycles. The van der Waals surface area contributed by atoms with Gasteiger partial charge >= 0.3 is 0 Å². The topological polar surface area (TPSA) is 58.6 Å². The fraction of sp³-hybridized carbons (Fsp3) is 0.625. The monoisotopic (exact) mass is 342 g/mol. The van der Waals surface area contributed by atoms with Crippen molar-refractivity contribution >= 4 is 9.84 Å². The molecule has 2 aliphatic heterocycles. The lowest BCUT2D eigenvalue weighted by Crippen LogP contribution is -2.49. The zero-order chi connectivity index (χ0) is 16.3. The van der Waals surface area contributed by atoms with E-state index in [0.29, 0.717) is 13.2 Å². The molecule has 5 nitrogen and oxygen atoms in total. The normalized spacial score (nSPS) is 27.3. The van der Waals surface area contributed by atoms with Crippen molar-refractivity contribution in [1.29, 1.82) is 0 Å². The van der Waals surface area contributed by atoms with Gasteiger partial charge in [-0.15, -0.1) is 0 Å². The molecule has 0 radical (unpaired) electrons.